The number of hydrazine groups is 1. The molecule has 7 nitrogen and oxygen atoms in total. The van der Waals surface area contributed by atoms with Crippen LogP contribution in [0.4, 0.5) is 0 Å². The number of aromatic nitrogens is 2. The van der Waals surface area contributed by atoms with Crippen molar-refractivity contribution in [3.05, 3.63) is 40.3 Å². The lowest BCUT2D eigenvalue weighted by molar-refractivity contribution is -0.121. The van der Waals surface area contributed by atoms with Crippen LogP contribution in [-0.4, -0.2) is 21.6 Å². The maximum atomic E-state index is 12.4. The highest BCUT2D eigenvalue weighted by Crippen LogP contribution is 2.12. The Morgan fingerprint density at radius 3 is 2.46 bits per heavy atom. The van der Waals surface area contributed by atoms with E-state index in [1.54, 1.807) is 31.2 Å². The highest BCUT2D eigenvalue weighted by Gasteiger charge is 2.16. The van der Waals surface area contributed by atoms with Crippen molar-refractivity contribution >= 4 is 22.6 Å². The lowest BCUT2D eigenvalue weighted by atomic mass is 10.1. The molecule has 2 amide bonds. The lowest BCUT2D eigenvalue weighted by Gasteiger charge is -2.10. The molecule has 0 saturated heterocycles. The number of amides is 2. The summed E-state index contributed by atoms with van der Waals surface area (Å²) in [7, 11) is 0. The Kier molecular flexibility index (Phi) is 6.06. The van der Waals surface area contributed by atoms with Crippen molar-refractivity contribution in [3.63, 3.8) is 0 Å². The van der Waals surface area contributed by atoms with Crippen LogP contribution >= 0.6 is 0 Å². The predicted octanol–water partition coefficient (Wildman–Crippen LogP) is 1.76. The second-order valence-electron chi connectivity index (χ2n) is 5.47. The Morgan fingerprint density at radius 2 is 1.79 bits per heavy atom. The lowest BCUT2D eigenvalue weighted by Crippen LogP contribution is -2.42. The third-order valence-corrected chi connectivity index (χ3v) is 3.71. The van der Waals surface area contributed by atoms with Crippen molar-refractivity contribution in [2.24, 2.45) is 0 Å². The highest BCUT2D eigenvalue weighted by molar-refractivity contribution is 6.05. The van der Waals surface area contributed by atoms with Crippen LogP contribution in [0, 0.1) is 0 Å². The highest BCUT2D eigenvalue weighted by atomic mass is 16.2. The second kappa shape index (κ2) is 8.24. The van der Waals surface area contributed by atoms with E-state index < -0.39 is 5.91 Å². The second-order valence-corrected chi connectivity index (χ2v) is 5.47. The number of aryl methyl sites for hydroxylation is 1. The summed E-state index contributed by atoms with van der Waals surface area (Å²) in [6.45, 7) is 4.19. The molecule has 1 aromatic heterocycles. The van der Waals surface area contributed by atoms with Crippen LogP contribution < -0.4 is 16.4 Å². The topological polar surface area (TPSA) is 93.1 Å². The molecule has 2 N–H and O–H groups in total. The Labute approximate surface area is 140 Å². The molecule has 0 spiro atoms. The summed E-state index contributed by atoms with van der Waals surface area (Å²) < 4.78 is 1.24. The summed E-state index contributed by atoms with van der Waals surface area (Å²) in [6.07, 6.45) is 3.12. The molecular weight excluding hydrogens is 308 g/mol. The maximum absolute atomic E-state index is 12.4. The summed E-state index contributed by atoms with van der Waals surface area (Å²) in [4.78, 5) is 36.3. The molecule has 1 heterocycles. The van der Waals surface area contributed by atoms with Crippen molar-refractivity contribution in [2.75, 3.05) is 0 Å². The minimum Gasteiger partial charge on any atom is -0.273 e. The van der Waals surface area contributed by atoms with Crippen LogP contribution in [0.1, 0.15) is 50.0 Å². The van der Waals surface area contributed by atoms with Gasteiger partial charge in [0.1, 0.15) is 0 Å². The van der Waals surface area contributed by atoms with Crippen LogP contribution in [0.2, 0.25) is 0 Å². The zero-order chi connectivity index (χ0) is 17.5. The number of carbonyl (C=O) groups excluding carboxylic acids is 2. The first kappa shape index (κ1) is 17.7. The average Bonchev–Trinajstić information content (AvgIpc) is 2.60. The normalized spacial score (nSPS) is 10.6. The summed E-state index contributed by atoms with van der Waals surface area (Å²) in [5.41, 5.74) is 4.63. The molecule has 0 fully saturated rings. The van der Waals surface area contributed by atoms with Crippen LogP contribution in [0.5, 0.6) is 0 Å². The van der Waals surface area contributed by atoms with Crippen molar-refractivity contribution in [2.45, 2.75) is 46.1 Å². The van der Waals surface area contributed by atoms with Gasteiger partial charge in [0.25, 0.3) is 11.5 Å². The Balaban J connectivity index is 2.19. The van der Waals surface area contributed by atoms with Crippen molar-refractivity contribution < 1.29 is 9.59 Å². The molecule has 0 atom stereocenters. The van der Waals surface area contributed by atoms with Gasteiger partial charge in [0.05, 0.1) is 5.39 Å². The van der Waals surface area contributed by atoms with Crippen molar-refractivity contribution in [1.82, 2.24) is 20.6 Å². The summed E-state index contributed by atoms with van der Waals surface area (Å²) in [5.74, 6) is -0.790. The van der Waals surface area contributed by atoms with Gasteiger partial charge in [0, 0.05) is 18.4 Å². The number of fused-ring (bicyclic) bond motifs is 1. The fourth-order valence-electron chi connectivity index (χ4n) is 2.40. The number of benzene rings is 1. The van der Waals surface area contributed by atoms with Gasteiger partial charge >= 0.3 is 0 Å². The van der Waals surface area contributed by atoms with E-state index in [0.29, 0.717) is 23.7 Å². The molecule has 24 heavy (non-hydrogen) atoms. The van der Waals surface area contributed by atoms with E-state index in [-0.39, 0.29) is 17.2 Å². The van der Waals surface area contributed by atoms with E-state index in [1.165, 1.54) is 4.68 Å². The molecule has 0 unspecified atom stereocenters. The summed E-state index contributed by atoms with van der Waals surface area (Å²) in [5, 5.41) is 5.00. The third-order valence-electron chi connectivity index (χ3n) is 3.71. The SMILES string of the molecule is CCCCCC(=O)NNC(=O)c1nn(CC)c(=O)c2ccccc12. The molecule has 0 radical (unpaired) electrons. The number of nitrogens with zero attached hydrogens (tertiary/aromatic N) is 2. The van der Waals surface area contributed by atoms with E-state index in [2.05, 4.69) is 22.9 Å². The molecule has 2 rings (SSSR count). The van der Waals surface area contributed by atoms with E-state index in [9.17, 15) is 14.4 Å². The minimum absolute atomic E-state index is 0.112. The van der Waals surface area contributed by atoms with Crippen molar-refractivity contribution in [3.8, 4) is 0 Å². The molecule has 1 aromatic carbocycles. The first-order chi connectivity index (χ1) is 11.6. The molecule has 0 bridgehead atoms. The minimum atomic E-state index is -0.544. The van der Waals surface area contributed by atoms with Gasteiger partial charge in [-0.15, -0.1) is 0 Å². The zero-order valence-electron chi connectivity index (χ0n) is 14.0. The van der Waals surface area contributed by atoms with Gasteiger partial charge in [-0.05, 0) is 19.4 Å². The molecule has 2 aromatic rings. The van der Waals surface area contributed by atoms with Crippen LogP contribution in [-0.2, 0) is 11.3 Å². The van der Waals surface area contributed by atoms with Gasteiger partial charge in [-0.2, -0.15) is 5.10 Å². The largest absolute Gasteiger partial charge is 0.290 e. The smallest absolute Gasteiger partial charge is 0.273 e. The van der Waals surface area contributed by atoms with Crippen LogP contribution in [0.15, 0.2) is 29.1 Å². The predicted molar refractivity (Wildman–Crippen MR) is 91.4 cm³/mol. The molecule has 0 saturated carbocycles. The molecule has 0 aliphatic heterocycles. The fraction of sp³-hybridized carbons (Fsp3) is 0.412. The molecule has 7 heteroatoms. The number of hydrogen-bond acceptors (Lipinski definition) is 4. The summed E-state index contributed by atoms with van der Waals surface area (Å²) >= 11 is 0. The number of nitrogens with one attached hydrogen (secondary N) is 2. The quantitative estimate of drug-likeness (QED) is 0.623. The molecule has 0 aliphatic carbocycles. The average molecular weight is 330 g/mol. The molecular formula is C17H22N4O3. The number of rotatable bonds is 6. The third kappa shape index (κ3) is 3.98. The first-order valence-electron chi connectivity index (χ1n) is 8.17. The van der Waals surface area contributed by atoms with Crippen LogP contribution in [0.3, 0.4) is 0 Å². The molecule has 128 valence electrons. The van der Waals surface area contributed by atoms with E-state index in [1.807, 2.05) is 0 Å². The van der Waals surface area contributed by atoms with Gasteiger partial charge < -0.3 is 0 Å². The Morgan fingerprint density at radius 1 is 1.08 bits per heavy atom. The standard InChI is InChI=1S/C17H22N4O3/c1-3-5-6-11-14(22)18-19-16(23)15-12-9-7-8-10-13(12)17(24)21(4-2)20-15/h7-10H,3-6,11H2,1-2H3,(H,18,22)(H,19,23). The van der Waals surface area contributed by atoms with Gasteiger partial charge in [-0.1, -0.05) is 38.0 Å². The fourth-order valence-corrected chi connectivity index (χ4v) is 2.40. The van der Waals surface area contributed by atoms with E-state index in [0.717, 1.165) is 19.3 Å². The van der Waals surface area contributed by atoms with E-state index in [4.69, 9.17) is 0 Å². The van der Waals surface area contributed by atoms with E-state index >= 15 is 0 Å². The number of unbranched alkanes of at least 4 members (excludes halogenated alkanes) is 2. The van der Waals surface area contributed by atoms with Gasteiger partial charge in [-0.3, -0.25) is 25.2 Å². The Hall–Kier alpha value is -2.70. The monoisotopic (exact) mass is 330 g/mol. The van der Waals surface area contributed by atoms with Crippen molar-refractivity contribution in [1.29, 1.82) is 0 Å². The maximum Gasteiger partial charge on any atom is 0.290 e. The van der Waals surface area contributed by atoms with Gasteiger partial charge in [-0.25, -0.2) is 4.68 Å². The first-order valence-corrected chi connectivity index (χ1v) is 8.17. The Bertz CT molecular complexity index is 798. The van der Waals surface area contributed by atoms with Crippen LogP contribution in [0.25, 0.3) is 10.8 Å². The summed E-state index contributed by atoms with van der Waals surface area (Å²) in [6, 6.07) is 6.80. The number of hydrogen-bond donors (Lipinski definition) is 2. The van der Waals surface area contributed by atoms with Gasteiger partial charge in [0.2, 0.25) is 5.91 Å². The molecule has 0 aliphatic rings. The zero-order valence-corrected chi connectivity index (χ0v) is 14.0. The van der Waals surface area contributed by atoms with Gasteiger partial charge in [0.15, 0.2) is 5.69 Å². The number of carbonyl (C=O) groups is 2.